The Morgan fingerprint density at radius 3 is 2.74 bits per heavy atom. The topological polar surface area (TPSA) is 54.5 Å². The van der Waals surface area contributed by atoms with Crippen molar-refractivity contribution in [3.8, 4) is 0 Å². The van der Waals surface area contributed by atoms with E-state index < -0.39 is 0 Å². The van der Waals surface area contributed by atoms with Crippen LogP contribution in [0.5, 0.6) is 0 Å². The number of anilines is 2. The molecule has 1 aliphatic heterocycles. The Kier molecular flexibility index (Phi) is 3.38. The standard InChI is InChI=1S/C14H19N3O2/c1-10-8-12(10)14(18)16-11-2-3-13(15-9-11)17-4-6-19-7-5-17/h2-3,9-10,12H,4-8H2,1H3,(H,16,18). The number of hydrogen-bond donors (Lipinski definition) is 1. The molecule has 1 aromatic heterocycles. The average Bonchev–Trinajstić information content (AvgIpc) is 3.18. The number of nitrogens with zero attached hydrogens (tertiary/aromatic N) is 2. The molecule has 0 spiro atoms. The third-order valence-corrected chi connectivity index (χ3v) is 3.80. The van der Waals surface area contributed by atoms with E-state index in [1.54, 1.807) is 6.20 Å². The van der Waals surface area contributed by atoms with Crippen molar-refractivity contribution in [3.05, 3.63) is 18.3 Å². The summed E-state index contributed by atoms with van der Waals surface area (Å²) in [5.41, 5.74) is 0.779. The summed E-state index contributed by atoms with van der Waals surface area (Å²) >= 11 is 0. The van der Waals surface area contributed by atoms with Gasteiger partial charge in [0.2, 0.25) is 5.91 Å². The van der Waals surface area contributed by atoms with Gasteiger partial charge in [-0.05, 0) is 24.5 Å². The summed E-state index contributed by atoms with van der Waals surface area (Å²) < 4.78 is 5.31. The first kappa shape index (κ1) is 12.4. The summed E-state index contributed by atoms with van der Waals surface area (Å²) in [7, 11) is 0. The number of aromatic nitrogens is 1. The van der Waals surface area contributed by atoms with E-state index in [1.807, 2.05) is 12.1 Å². The second-order valence-corrected chi connectivity index (χ2v) is 5.31. The van der Waals surface area contributed by atoms with Crippen LogP contribution in [0.3, 0.4) is 0 Å². The Hall–Kier alpha value is -1.62. The summed E-state index contributed by atoms with van der Waals surface area (Å²) in [4.78, 5) is 18.4. The molecule has 0 aromatic carbocycles. The summed E-state index contributed by atoms with van der Waals surface area (Å²) in [6.07, 6.45) is 2.74. The van der Waals surface area contributed by atoms with E-state index in [2.05, 4.69) is 22.1 Å². The van der Waals surface area contributed by atoms with Crippen molar-refractivity contribution in [3.63, 3.8) is 0 Å². The van der Waals surface area contributed by atoms with Crippen LogP contribution in [0, 0.1) is 11.8 Å². The molecule has 1 saturated carbocycles. The van der Waals surface area contributed by atoms with E-state index in [4.69, 9.17) is 4.74 Å². The van der Waals surface area contributed by atoms with E-state index in [1.165, 1.54) is 0 Å². The van der Waals surface area contributed by atoms with Gasteiger partial charge >= 0.3 is 0 Å². The van der Waals surface area contributed by atoms with Crippen molar-refractivity contribution in [1.29, 1.82) is 0 Å². The van der Waals surface area contributed by atoms with Crippen molar-refractivity contribution in [2.24, 2.45) is 11.8 Å². The van der Waals surface area contributed by atoms with Crippen molar-refractivity contribution in [1.82, 2.24) is 4.98 Å². The molecule has 102 valence electrons. The number of ether oxygens (including phenoxy) is 1. The number of pyridine rings is 1. The fourth-order valence-electron chi connectivity index (χ4n) is 2.36. The first-order valence-corrected chi connectivity index (χ1v) is 6.83. The van der Waals surface area contributed by atoms with Crippen molar-refractivity contribution in [2.75, 3.05) is 36.5 Å². The normalized spacial score (nSPS) is 26.1. The molecule has 5 nitrogen and oxygen atoms in total. The predicted molar refractivity (Wildman–Crippen MR) is 73.2 cm³/mol. The Morgan fingerprint density at radius 1 is 1.42 bits per heavy atom. The molecule has 1 aromatic rings. The van der Waals surface area contributed by atoms with Gasteiger partial charge in [0, 0.05) is 19.0 Å². The maximum absolute atomic E-state index is 11.8. The van der Waals surface area contributed by atoms with Gasteiger partial charge in [0.25, 0.3) is 0 Å². The molecule has 3 rings (SSSR count). The zero-order chi connectivity index (χ0) is 13.2. The zero-order valence-corrected chi connectivity index (χ0v) is 11.1. The lowest BCUT2D eigenvalue weighted by Crippen LogP contribution is -2.36. The van der Waals surface area contributed by atoms with Crippen LogP contribution in [0.4, 0.5) is 11.5 Å². The first-order chi connectivity index (χ1) is 9.24. The lowest BCUT2D eigenvalue weighted by Gasteiger charge is -2.27. The van der Waals surface area contributed by atoms with Crippen LogP contribution in [0.1, 0.15) is 13.3 Å². The monoisotopic (exact) mass is 261 g/mol. The van der Waals surface area contributed by atoms with Crippen molar-refractivity contribution in [2.45, 2.75) is 13.3 Å². The number of rotatable bonds is 3. The molecule has 2 unspecified atom stereocenters. The number of amides is 1. The Labute approximate surface area is 113 Å². The number of morpholine rings is 1. The van der Waals surface area contributed by atoms with Gasteiger partial charge < -0.3 is 15.0 Å². The second kappa shape index (κ2) is 5.17. The first-order valence-electron chi connectivity index (χ1n) is 6.83. The summed E-state index contributed by atoms with van der Waals surface area (Å²) in [5.74, 6) is 1.79. The number of carbonyl (C=O) groups is 1. The predicted octanol–water partition coefficient (Wildman–Crippen LogP) is 1.51. The van der Waals surface area contributed by atoms with Crippen LogP contribution in [0.15, 0.2) is 18.3 Å². The molecular weight excluding hydrogens is 242 g/mol. The lowest BCUT2D eigenvalue weighted by atomic mass is 10.3. The van der Waals surface area contributed by atoms with Gasteiger partial charge in [-0.25, -0.2) is 4.98 Å². The summed E-state index contributed by atoms with van der Waals surface area (Å²) in [6.45, 7) is 5.35. The molecule has 2 fully saturated rings. The molecule has 2 atom stereocenters. The van der Waals surface area contributed by atoms with E-state index in [9.17, 15) is 4.79 Å². The van der Waals surface area contributed by atoms with E-state index in [0.29, 0.717) is 5.92 Å². The molecule has 5 heteroatoms. The Balaban J connectivity index is 1.60. The molecule has 0 radical (unpaired) electrons. The minimum atomic E-state index is 0.119. The Bertz CT molecular complexity index is 454. The lowest BCUT2D eigenvalue weighted by molar-refractivity contribution is -0.117. The molecule has 1 aliphatic carbocycles. The third kappa shape index (κ3) is 2.87. The van der Waals surface area contributed by atoms with Crippen LogP contribution in [0.2, 0.25) is 0 Å². The number of hydrogen-bond acceptors (Lipinski definition) is 4. The highest BCUT2D eigenvalue weighted by molar-refractivity contribution is 5.94. The third-order valence-electron chi connectivity index (χ3n) is 3.80. The Morgan fingerprint density at radius 2 is 2.16 bits per heavy atom. The number of nitrogens with one attached hydrogen (secondary N) is 1. The van der Waals surface area contributed by atoms with E-state index >= 15 is 0 Å². The highest BCUT2D eigenvalue weighted by atomic mass is 16.5. The second-order valence-electron chi connectivity index (χ2n) is 5.31. The van der Waals surface area contributed by atoms with Gasteiger partial charge in [-0.2, -0.15) is 0 Å². The maximum atomic E-state index is 11.8. The summed E-state index contributed by atoms with van der Waals surface area (Å²) in [6, 6.07) is 3.88. The van der Waals surface area contributed by atoms with Crippen LogP contribution < -0.4 is 10.2 Å². The van der Waals surface area contributed by atoms with Crippen molar-refractivity contribution >= 4 is 17.4 Å². The van der Waals surface area contributed by atoms with Gasteiger partial charge in [-0.3, -0.25) is 4.79 Å². The fraction of sp³-hybridized carbons (Fsp3) is 0.571. The van der Waals surface area contributed by atoms with Crippen LogP contribution >= 0.6 is 0 Å². The van der Waals surface area contributed by atoms with Gasteiger partial charge in [-0.15, -0.1) is 0 Å². The number of carbonyl (C=O) groups excluding carboxylic acids is 1. The van der Waals surface area contributed by atoms with Gasteiger partial charge in [0.05, 0.1) is 25.1 Å². The van der Waals surface area contributed by atoms with Crippen molar-refractivity contribution < 1.29 is 9.53 Å². The highest BCUT2D eigenvalue weighted by Gasteiger charge is 2.39. The molecule has 0 bridgehead atoms. The highest BCUT2D eigenvalue weighted by Crippen LogP contribution is 2.38. The van der Waals surface area contributed by atoms with E-state index in [-0.39, 0.29) is 11.8 Å². The molecule has 1 saturated heterocycles. The molecule has 2 heterocycles. The van der Waals surface area contributed by atoms with Gasteiger partial charge in [-0.1, -0.05) is 6.92 Å². The smallest absolute Gasteiger partial charge is 0.227 e. The average molecular weight is 261 g/mol. The van der Waals surface area contributed by atoms with Gasteiger partial charge in [0.15, 0.2) is 0 Å². The van der Waals surface area contributed by atoms with Crippen LogP contribution in [0.25, 0.3) is 0 Å². The largest absolute Gasteiger partial charge is 0.378 e. The van der Waals surface area contributed by atoms with Gasteiger partial charge in [0.1, 0.15) is 5.82 Å². The fourth-order valence-corrected chi connectivity index (χ4v) is 2.36. The minimum absolute atomic E-state index is 0.119. The van der Waals surface area contributed by atoms with Crippen LogP contribution in [-0.2, 0) is 9.53 Å². The summed E-state index contributed by atoms with van der Waals surface area (Å²) in [5, 5.41) is 2.92. The minimum Gasteiger partial charge on any atom is -0.378 e. The molecular formula is C14H19N3O2. The maximum Gasteiger partial charge on any atom is 0.227 e. The zero-order valence-electron chi connectivity index (χ0n) is 11.1. The molecule has 1 N–H and O–H groups in total. The SMILES string of the molecule is CC1CC1C(=O)Nc1ccc(N2CCOCC2)nc1. The molecule has 2 aliphatic rings. The molecule has 1 amide bonds. The molecule has 19 heavy (non-hydrogen) atoms. The van der Waals surface area contributed by atoms with Crippen LogP contribution in [-0.4, -0.2) is 37.2 Å². The van der Waals surface area contributed by atoms with E-state index in [0.717, 1.165) is 44.2 Å². The quantitative estimate of drug-likeness (QED) is 0.896.